The van der Waals surface area contributed by atoms with Crippen molar-refractivity contribution in [3.05, 3.63) is 24.5 Å². The van der Waals surface area contributed by atoms with Crippen molar-refractivity contribution in [1.82, 2.24) is 0 Å². The van der Waals surface area contributed by atoms with E-state index >= 15 is 0 Å². The zero-order chi connectivity index (χ0) is 9.66. The first-order chi connectivity index (χ1) is 5.83. The van der Waals surface area contributed by atoms with E-state index in [1.54, 1.807) is 12.2 Å². The molecule has 2 nitrogen and oxygen atoms in total. The predicted octanol–water partition coefficient (Wildman–Crippen LogP) is 2.80. The molecule has 0 spiro atoms. The third-order valence-corrected chi connectivity index (χ3v) is 1.07. The maximum absolute atomic E-state index is 8.11. The predicted molar refractivity (Wildman–Crippen MR) is 53.2 cm³/mol. The Hall–Kier alpha value is -0.760. The van der Waals surface area contributed by atoms with Crippen molar-refractivity contribution in [3.8, 4) is 0 Å². The summed E-state index contributed by atoms with van der Waals surface area (Å²) in [5.74, 6) is 0. The molecule has 2 N–H and O–H groups in total. The molecule has 0 amide bonds. The molecule has 0 bridgehead atoms. The van der Waals surface area contributed by atoms with Gasteiger partial charge in [-0.25, -0.2) is 0 Å². The number of aliphatic hydroxyl groups excluding tert-OH is 2. The Morgan fingerprint density at radius 1 is 1.08 bits per heavy atom. The number of hydrogen-bond donors (Lipinski definition) is 2. The second-order valence-electron chi connectivity index (χ2n) is 2.24. The van der Waals surface area contributed by atoms with Gasteiger partial charge in [0.15, 0.2) is 0 Å². The maximum Gasteiger partial charge on any atom is 0.0751 e. The van der Waals surface area contributed by atoms with Gasteiger partial charge in [0.2, 0.25) is 0 Å². The van der Waals surface area contributed by atoms with Crippen LogP contribution in [-0.2, 0) is 0 Å². The van der Waals surface area contributed by atoms with Crippen molar-refractivity contribution in [2.24, 2.45) is 0 Å². The largest absolute Gasteiger partial charge is 0.516 e. The molecule has 0 aliphatic heterocycles. The van der Waals surface area contributed by atoms with Gasteiger partial charge in [-0.15, -0.1) is 0 Å². The lowest BCUT2D eigenvalue weighted by Crippen LogP contribution is -1.67. The minimum Gasteiger partial charge on any atom is -0.516 e. The minimum atomic E-state index is 0.174. The van der Waals surface area contributed by atoms with Gasteiger partial charge in [-0.3, -0.25) is 0 Å². The molecular weight excluding hydrogens is 152 g/mol. The zero-order valence-corrected chi connectivity index (χ0v) is 8.03. The lowest BCUT2D eigenvalue weighted by Gasteiger charge is -1.75. The van der Waals surface area contributed by atoms with Crippen molar-refractivity contribution >= 4 is 0 Å². The summed E-state index contributed by atoms with van der Waals surface area (Å²) in [6, 6.07) is 0. The topological polar surface area (TPSA) is 40.5 Å². The summed E-state index contributed by atoms with van der Waals surface area (Å²) in [5.41, 5.74) is 0. The number of rotatable bonds is 4. The third kappa shape index (κ3) is 22.8. The Kier molecular flexibility index (Phi) is 19.2. The van der Waals surface area contributed by atoms with Crippen LogP contribution in [0, 0.1) is 0 Å². The Balaban J connectivity index is 0. The standard InChI is InChI=1S/2C5H10O/c2*1-2-3-4-5-6/h4-6H,2-3H2,1H3;3-4,6H,2,5H2,1H3/b;4-3-. The van der Waals surface area contributed by atoms with Gasteiger partial charge in [-0.05, 0) is 12.8 Å². The Morgan fingerprint density at radius 3 is 1.92 bits per heavy atom. The van der Waals surface area contributed by atoms with E-state index in [0.29, 0.717) is 0 Å². The van der Waals surface area contributed by atoms with Gasteiger partial charge in [0.25, 0.3) is 0 Å². The van der Waals surface area contributed by atoms with Gasteiger partial charge in [0.1, 0.15) is 0 Å². The fourth-order valence-corrected chi connectivity index (χ4v) is 0.482. The molecule has 0 aromatic carbocycles. The molecule has 0 aromatic rings. The van der Waals surface area contributed by atoms with Crippen LogP contribution in [0.25, 0.3) is 0 Å². The Bertz CT molecular complexity index is 100. The molecule has 0 heterocycles. The summed E-state index contributed by atoms with van der Waals surface area (Å²) >= 11 is 0. The normalized spacial score (nSPS) is 10.2. The molecule has 2 heteroatoms. The summed E-state index contributed by atoms with van der Waals surface area (Å²) < 4.78 is 0. The average molecular weight is 172 g/mol. The minimum absolute atomic E-state index is 0.174. The highest BCUT2D eigenvalue weighted by atomic mass is 16.2. The van der Waals surface area contributed by atoms with E-state index in [4.69, 9.17) is 10.2 Å². The van der Waals surface area contributed by atoms with Gasteiger partial charge in [-0.1, -0.05) is 38.5 Å². The molecule has 0 fully saturated rings. The zero-order valence-electron chi connectivity index (χ0n) is 8.03. The van der Waals surface area contributed by atoms with Gasteiger partial charge in [0.05, 0.1) is 12.9 Å². The van der Waals surface area contributed by atoms with Crippen LogP contribution >= 0.6 is 0 Å². The van der Waals surface area contributed by atoms with Crippen LogP contribution in [0.3, 0.4) is 0 Å². The molecule has 0 unspecified atom stereocenters. The van der Waals surface area contributed by atoms with Crippen LogP contribution in [0.5, 0.6) is 0 Å². The first kappa shape index (κ1) is 13.8. The fourth-order valence-electron chi connectivity index (χ4n) is 0.482. The summed E-state index contributed by atoms with van der Waals surface area (Å²) in [7, 11) is 0. The maximum atomic E-state index is 8.11. The highest BCUT2D eigenvalue weighted by molar-refractivity contribution is 4.78. The van der Waals surface area contributed by atoms with Crippen LogP contribution in [0.15, 0.2) is 24.5 Å². The van der Waals surface area contributed by atoms with Crippen LogP contribution in [0.4, 0.5) is 0 Å². The van der Waals surface area contributed by atoms with Crippen molar-refractivity contribution in [1.29, 1.82) is 0 Å². The molecule has 0 saturated carbocycles. The SMILES string of the molecule is CC/C=C\CO.CCCC=CO. The highest BCUT2D eigenvalue weighted by Crippen LogP contribution is 1.84. The van der Waals surface area contributed by atoms with E-state index in [0.717, 1.165) is 25.5 Å². The van der Waals surface area contributed by atoms with Gasteiger partial charge < -0.3 is 10.2 Å². The molecule has 12 heavy (non-hydrogen) atoms. The first-order valence-corrected chi connectivity index (χ1v) is 4.38. The van der Waals surface area contributed by atoms with E-state index in [1.807, 2.05) is 13.0 Å². The van der Waals surface area contributed by atoms with E-state index in [9.17, 15) is 0 Å². The monoisotopic (exact) mass is 172 g/mol. The first-order valence-electron chi connectivity index (χ1n) is 4.38. The van der Waals surface area contributed by atoms with Crippen LogP contribution in [-0.4, -0.2) is 16.8 Å². The molecule has 0 aliphatic carbocycles. The molecule has 0 aromatic heterocycles. The number of aliphatic hydroxyl groups is 2. The van der Waals surface area contributed by atoms with Gasteiger partial charge in [-0.2, -0.15) is 0 Å². The fraction of sp³-hybridized carbons (Fsp3) is 0.600. The second-order valence-corrected chi connectivity index (χ2v) is 2.24. The van der Waals surface area contributed by atoms with Crippen LogP contribution in [0.1, 0.15) is 33.1 Å². The molecule has 0 saturated heterocycles. The van der Waals surface area contributed by atoms with E-state index in [-0.39, 0.29) is 6.61 Å². The highest BCUT2D eigenvalue weighted by Gasteiger charge is 1.66. The lowest BCUT2D eigenvalue weighted by molar-refractivity contribution is 0.342. The van der Waals surface area contributed by atoms with Crippen molar-refractivity contribution in [3.63, 3.8) is 0 Å². The van der Waals surface area contributed by atoms with Crippen molar-refractivity contribution < 1.29 is 10.2 Å². The number of allylic oxidation sites excluding steroid dienone is 2. The van der Waals surface area contributed by atoms with Gasteiger partial charge in [0, 0.05) is 0 Å². The lowest BCUT2D eigenvalue weighted by atomic mass is 10.3. The smallest absolute Gasteiger partial charge is 0.0751 e. The average Bonchev–Trinajstić information content (AvgIpc) is 2.12. The van der Waals surface area contributed by atoms with E-state index in [2.05, 4.69) is 6.92 Å². The summed E-state index contributed by atoms with van der Waals surface area (Å²) in [6.07, 6.45) is 9.59. The summed E-state index contributed by atoms with van der Waals surface area (Å²) in [6.45, 7) is 4.28. The van der Waals surface area contributed by atoms with E-state index < -0.39 is 0 Å². The van der Waals surface area contributed by atoms with E-state index in [1.165, 1.54) is 0 Å². The Morgan fingerprint density at radius 2 is 1.75 bits per heavy atom. The second kappa shape index (κ2) is 16.7. The molecule has 0 rings (SSSR count). The van der Waals surface area contributed by atoms with Gasteiger partial charge >= 0.3 is 0 Å². The summed E-state index contributed by atoms with van der Waals surface area (Å²) in [4.78, 5) is 0. The van der Waals surface area contributed by atoms with Crippen LogP contribution in [0.2, 0.25) is 0 Å². The molecule has 0 atom stereocenters. The Labute approximate surface area is 75.2 Å². The van der Waals surface area contributed by atoms with Crippen LogP contribution < -0.4 is 0 Å². The molecule has 0 aliphatic rings. The number of hydrogen-bond acceptors (Lipinski definition) is 2. The summed E-state index contributed by atoms with van der Waals surface area (Å²) in [5, 5.41) is 16.1. The molecule has 72 valence electrons. The van der Waals surface area contributed by atoms with Crippen molar-refractivity contribution in [2.75, 3.05) is 6.61 Å². The van der Waals surface area contributed by atoms with Crippen molar-refractivity contribution in [2.45, 2.75) is 33.1 Å². The molecule has 0 radical (unpaired) electrons. The number of unbranched alkanes of at least 4 members (excludes halogenated alkanes) is 1. The quantitative estimate of drug-likeness (QED) is 0.505. The molecular formula is C10H20O2. The third-order valence-electron chi connectivity index (χ3n) is 1.07.